The van der Waals surface area contributed by atoms with Gasteiger partial charge in [-0.2, -0.15) is 0 Å². The third-order valence-electron chi connectivity index (χ3n) is 3.55. The molecule has 0 aromatic rings. The molecule has 2 saturated heterocycles. The maximum atomic E-state index is 10.4. The van der Waals surface area contributed by atoms with Crippen molar-refractivity contribution in [3.63, 3.8) is 0 Å². The lowest BCUT2D eigenvalue weighted by Gasteiger charge is -2.25. The predicted octanol–water partition coefficient (Wildman–Crippen LogP) is 2.23. The van der Waals surface area contributed by atoms with Crippen LogP contribution in [0.25, 0.3) is 0 Å². The molecule has 0 aliphatic carbocycles. The average molecular weight is 316 g/mol. The van der Waals surface area contributed by atoms with Gasteiger partial charge >= 0.3 is 11.9 Å². The third-order valence-corrected chi connectivity index (χ3v) is 3.55. The second-order valence-electron chi connectivity index (χ2n) is 5.53. The zero-order valence-corrected chi connectivity index (χ0v) is 13.3. The molecule has 0 radical (unpaired) electrons. The van der Waals surface area contributed by atoms with E-state index in [1.54, 1.807) is 0 Å². The van der Waals surface area contributed by atoms with Crippen LogP contribution in [0, 0.1) is 0 Å². The Morgan fingerprint density at radius 2 is 1.05 bits per heavy atom. The van der Waals surface area contributed by atoms with E-state index in [-0.39, 0.29) is 19.4 Å². The third kappa shape index (κ3) is 10.6. The number of ether oxygens (including phenoxy) is 2. The van der Waals surface area contributed by atoms with Gasteiger partial charge in [0.15, 0.2) is 0 Å². The van der Waals surface area contributed by atoms with Gasteiger partial charge in [-0.25, -0.2) is 0 Å². The van der Waals surface area contributed by atoms with E-state index in [1.807, 2.05) is 0 Å². The fourth-order valence-electron chi connectivity index (χ4n) is 2.36. The van der Waals surface area contributed by atoms with E-state index in [1.165, 1.54) is 46.0 Å². The van der Waals surface area contributed by atoms with Crippen molar-refractivity contribution in [3.05, 3.63) is 0 Å². The Bertz CT molecular complexity index is 311. The minimum atomic E-state index is -0.188. The van der Waals surface area contributed by atoms with Gasteiger partial charge in [-0.3, -0.25) is 19.4 Å². The smallest absolute Gasteiger partial charge is 0.303 e. The summed E-state index contributed by atoms with van der Waals surface area (Å²) in [4.78, 5) is 25.1. The van der Waals surface area contributed by atoms with Crippen LogP contribution in [-0.4, -0.2) is 61.4 Å². The van der Waals surface area contributed by atoms with Crippen LogP contribution < -0.4 is 0 Å². The highest BCUT2D eigenvalue weighted by molar-refractivity contribution is 5.66. The average Bonchev–Trinajstić information content (AvgIpc) is 2.98. The minimum absolute atomic E-state index is 0. The molecule has 2 aliphatic rings. The predicted molar refractivity (Wildman–Crippen MR) is 86.2 cm³/mol. The van der Waals surface area contributed by atoms with Crippen molar-refractivity contribution < 1.29 is 19.1 Å². The molecule has 0 aromatic heterocycles. The van der Waals surface area contributed by atoms with E-state index in [0.717, 1.165) is 26.2 Å². The molecule has 0 unspecified atom stereocenters. The molecule has 0 spiro atoms. The largest absolute Gasteiger partial charge is 0.450 e. The van der Waals surface area contributed by atoms with Gasteiger partial charge in [0, 0.05) is 40.0 Å². The van der Waals surface area contributed by atoms with E-state index >= 15 is 0 Å². The first-order chi connectivity index (χ1) is 10.1. The van der Waals surface area contributed by atoms with Gasteiger partial charge < -0.3 is 9.47 Å². The summed E-state index contributed by atoms with van der Waals surface area (Å²) < 4.78 is 9.68. The Labute approximate surface area is 134 Å². The number of nitrogens with zero attached hydrogens (tertiary/aromatic N) is 2. The highest BCUT2D eigenvalue weighted by atomic mass is 16.5. The second kappa shape index (κ2) is 12.4. The van der Waals surface area contributed by atoms with Gasteiger partial charge in [0.2, 0.25) is 0 Å². The molecule has 6 heteroatoms. The lowest BCUT2D eigenvalue weighted by atomic mass is 10.1. The number of carbonyl (C=O) groups excluding carboxylic acids is 2. The van der Waals surface area contributed by atoms with Gasteiger partial charge in [0.25, 0.3) is 0 Å². The van der Waals surface area contributed by atoms with Gasteiger partial charge in [-0.15, -0.1) is 0 Å². The maximum Gasteiger partial charge on any atom is 0.303 e. The summed E-state index contributed by atoms with van der Waals surface area (Å²) in [6.45, 7) is 8.16. The van der Waals surface area contributed by atoms with Crippen molar-refractivity contribution >= 4 is 11.9 Å². The maximum absolute atomic E-state index is 10.4. The number of likely N-dealkylation sites (tertiary alicyclic amines) is 2. The number of piperidine rings is 1. The monoisotopic (exact) mass is 316 g/mol. The Hall–Kier alpha value is -1.14. The second-order valence-corrected chi connectivity index (χ2v) is 5.53. The van der Waals surface area contributed by atoms with Gasteiger partial charge in [0.1, 0.15) is 13.5 Å². The van der Waals surface area contributed by atoms with E-state index in [9.17, 15) is 9.59 Å². The van der Waals surface area contributed by atoms with Crippen LogP contribution >= 0.6 is 0 Å². The van der Waals surface area contributed by atoms with Gasteiger partial charge in [0.05, 0.1) is 0 Å². The molecule has 0 N–H and O–H groups in total. The van der Waals surface area contributed by atoms with Crippen LogP contribution in [0.3, 0.4) is 0 Å². The quantitative estimate of drug-likeness (QED) is 0.741. The van der Waals surface area contributed by atoms with Crippen LogP contribution in [0.5, 0.6) is 0 Å². The van der Waals surface area contributed by atoms with Crippen molar-refractivity contribution in [3.8, 4) is 0 Å². The van der Waals surface area contributed by atoms with Crippen molar-refractivity contribution in [2.45, 2.75) is 53.4 Å². The van der Waals surface area contributed by atoms with Crippen LogP contribution in [-0.2, 0) is 19.1 Å². The van der Waals surface area contributed by atoms with Crippen LogP contribution in [0.2, 0.25) is 0 Å². The van der Waals surface area contributed by atoms with E-state index in [0.29, 0.717) is 13.5 Å². The SMILES string of the molecule is C.CC(=O)OCN1CCCC1.CC(=O)OCN1CCCCC1. The molecule has 2 fully saturated rings. The fourth-order valence-corrected chi connectivity index (χ4v) is 2.36. The molecule has 2 rings (SSSR count). The summed E-state index contributed by atoms with van der Waals surface area (Å²) in [6, 6.07) is 0. The first-order valence-electron chi connectivity index (χ1n) is 7.79. The molecule has 2 heterocycles. The number of hydrogen-bond donors (Lipinski definition) is 0. The molecule has 0 saturated carbocycles. The van der Waals surface area contributed by atoms with Crippen LogP contribution in [0.4, 0.5) is 0 Å². The molecule has 22 heavy (non-hydrogen) atoms. The fraction of sp³-hybridized carbons (Fsp3) is 0.875. The zero-order chi connectivity index (χ0) is 15.5. The zero-order valence-electron chi connectivity index (χ0n) is 13.3. The van der Waals surface area contributed by atoms with E-state index in [4.69, 9.17) is 9.47 Å². The van der Waals surface area contributed by atoms with Crippen molar-refractivity contribution in [2.24, 2.45) is 0 Å². The van der Waals surface area contributed by atoms with Crippen molar-refractivity contribution in [1.82, 2.24) is 9.80 Å². The summed E-state index contributed by atoms with van der Waals surface area (Å²) in [5.74, 6) is -0.373. The highest BCUT2D eigenvalue weighted by Crippen LogP contribution is 2.07. The summed E-state index contributed by atoms with van der Waals surface area (Å²) in [5.41, 5.74) is 0. The topological polar surface area (TPSA) is 59.1 Å². The minimum Gasteiger partial charge on any atom is -0.450 e. The van der Waals surface area contributed by atoms with Crippen LogP contribution in [0.1, 0.15) is 53.4 Å². The molecule has 0 atom stereocenters. The standard InChI is InChI=1S/C8H15NO2.C7H13NO2.CH4/c1-8(10)11-7-9-5-3-2-4-6-9;1-7(9)10-6-8-4-2-3-5-8;/h2-7H2,1H3;2-6H2,1H3;1H4. The molecule has 0 bridgehead atoms. The molecule has 2 aliphatic heterocycles. The van der Waals surface area contributed by atoms with Gasteiger partial charge in [-0.05, 0) is 25.7 Å². The Morgan fingerprint density at radius 1 is 0.727 bits per heavy atom. The highest BCUT2D eigenvalue weighted by Gasteiger charge is 2.11. The lowest BCUT2D eigenvalue weighted by molar-refractivity contribution is -0.146. The first kappa shape index (κ1) is 20.9. The molecule has 130 valence electrons. The van der Waals surface area contributed by atoms with Crippen molar-refractivity contribution in [1.29, 1.82) is 0 Å². The normalized spacial score (nSPS) is 18.6. The molecular formula is C16H32N2O4. The summed E-state index contributed by atoms with van der Waals surface area (Å²) >= 11 is 0. The van der Waals surface area contributed by atoms with E-state index in [2.05, 4.69) is 9.80 Å². The molecule has 0 amide bonds. The molecule has 6 nitrogen and oxygen atoms in total. The molecule has 0 aromatic carbocycles. The number of hydrogen-bond acceptors (Lipinski definition) is 6. The summed E-state index contributed by atoms with van der Waals surface area (Å²) in [5, 5.41) is 0. The lowest BCUT2D eigenvalue weighted by Crippen LogP contribution is -2.32. The Kier molecular flexibility index (Phi) is 11.8. The number of carbonyl (C=O) groups is 2. The van der Waals surface area contributed by atoms with Gasteiger partial charge in [-0.1, -0.05) is 13.8 Å². The van der Waals surface area contributed by atoms with E-state index < -0.39 is 0 Å². The van der Waals surface area contributed by atoms with Crippen LogP contribution in [0.15, 0.2) is 0 Å². The first-order valence-corrected chi connectivity index (χ1v) is 7.79. The summed E-state index contributed by atoms with van der Waals surface area (Å²) in [7, 11) is 0. The number of esters is 2. The molecular weight excluding hydrogens is 284 g/mol. The Balaban J connectivity index is 0.000000385. The summed E-state index contributed by atoms with van der Waals surface area (Å²) in [6.07, 6.45) is 6.27. The van der Waals surface area contributed by atoms with Crippen molar-refractivity contribution in [2.75, 3.05) is 39.6 Å². The Morgan fingerprint density at radius 3 is 1.36 bits per heavy atom. The number of rotatable bonds is 4.